The SMILES string of the molecule is CC1(C)c2ccccc2-c2ccc(-c3c4ccccc4c(-c4nc5ccccc5nc4-c4ccccc4)c4ccc(-c5ccc6ccccc6c5)cc34)cc21. The van der Waals surface area contributed by atoms with Gasteiger partial charge in [0.25, 0.3) is 0 Å². The van der Waals surface area contributed by atoms with Gasteiger partial charge in [-0.25, -0.2) is 9.97 Å². The van der Waals surface area contributed by atoms with Crippen LogP contribution in [0.15, 0.2) is 182 Å². The van der Waals surface area contributed by atoms with E-state index >= 15 is 0 Å². The Bertz CT molecular complexity index is 3170. The molecule has 2 nitrogen and oxygen atoms in total. The number of rotatable bonds is 4. The first-order valence-corrected chi connectivity index (χ1v) is 19.1. The lowest BCUT2D eigenvalue weighted by molar-refractivity contribution is 0.660. The summed E-state index contributed by atoms with van der Waals surface area (Å²) in [6.07, 6.45) is 0. The molecular formula is C53H36N2. The van der Waals surface area contributed by atoms with E-state index in [1.807, 2.05) is 12.1 Å². The first-order chi connectivity index (χ1) is 27.0. The van der Waals surface area contributed by atoms with Crippen molar-refractivity contribution in [2.45, 2.75) is 19.3 Å². The molecule has 0 aliphatic heterocycles. The topological polar surface area (TPSA) is 25.8 Å². The predicted octanol–water partition coefficient (Wildman–Crippen LogP) is 14.1. The van der Waals surface area contributed by atoms with Gasteiger partial charge in [0, 0.05) is 16.5 Å². The third-order valence-corrected chi connectivity index (χ3v) is 11.8. The lowest BCUT2D eigenvalue weighted by atomic mass is 9.80. The molecule has 1 heterocycles. The highest BCUT2D eigenvalue weighted by Gasteiger charge is 2.35. The van der Waals surface area contributed by atoms with E-state index in [-0.39, 0.29) is 5.41 Å². The molecular weight excluding hydrogens is 665 g/mol. The van der Waals surface area contributed by atoms with Crippen LogP contribution in [-0.2, 0) is 5.41 Å². The first kappa shape index (κ1) is 31.6. The normalized spacial score (nSPS) is 13.1. The summed E-state index contributed by atoms with van der Waals surface area (Å²) in [6, 6.07) is 66.1. The third-order valence-electron chi connectivity index (χ3n) is 11.8. The molecule has 0 saturated heterocycles. The zero-order chi connectivity index (χ0) is 36.7. The molecule has 0 unspecified atom stereocenters. The molecule has 1 aromatic heterocycles. The summed E-state index contributed by atoms with van der Waals surface area (Å²) < 4.78 is 0. The molecule has 55 heavy (non-hydrogen) atoms. The molecule has 0 saturated carbocycles. The molecule has 0 fully saturated rings. The van der Waals surface area contributed by atoms with E-state index in [0.29, 0.717) is 0 Å². The third kappa shape index (κ3) is 4.88. The van der Waals surface area contributed by atoms with Gasteiger partial charge in [0.1, 0.15) is 0 Å². The first-order valence-electron chi connectivity index (χ1n) is 19.1. The Labute approximate surface area is 320 Å². The molecule has 258 valence electrons. The van der Waals surface area contributed by atoms with Gasteiger partial charge in [0.2, 0.25) is 0 Å². The van der Waals surface area contributed by atoms with Crippen LogP contribution in [-0.4, -0.2) is 9.97 Å². The van der Waals surface area contributed by atoms with E-state index in [9.17, 15) is 0 Å². The van der Waals surface area contributed by atoms with Gasteiger partial charge in [-0.2, -0.15) is 0 Å². The Kier molecular flexibility index (Phi) is 6.93. The summed E-state index contributed by atoms with van der Waals surface area (Å²) in [4.78, 5) is 10.8. The largest absolute Gasteiger partial charge is 0.244 e. The van der Waals surface area contributed by atoms with Crippen LogP contribution in [0.25, 0.3) is 99.2 Å². The highest BCUT2D eigenvalue weighted by atomic mass is 14.8. The summed E-state index contributed by atoms with van der Waals surface area (Å²) in [5.74, 6) is 0. The van der Waals surface area contributed by atoms with Crippen LogP contribution < -0.4 is 0 Å². The molecule has 0 spiro atoms. The number of nitrogens with zero attached hydrogens (tertiary/aromatic N) is 2. The Morgan fingerprint density at radius 1 is 0.345 bits per heavy atom. The van der Waals surface area contributed by atoms with Crippen LogP contribution in [0.5, 0.6) is 0 Å². The van der Waals surface area contributed by atoms with E-state index in [1.165, 1.54) is 66.1 Å². The number of aromatic nitrogens is 2. The number of para-hydroxylation sites is 2. The van der Waals surface area contributed by atoms with Crippen LogP contribution in [0.1, 0.15) is 25.0 Å². The second-order valence-corrected chi connectivity index (χ2v) is 15.3. The number of hydrogen-bond donors (Lipinski definition) is 0. The Morgan fingerprint density at radius 3 is 1.75 bits per heavy atom. The molecule has 10 aromatic rings. The maximum absolute atomic E-state index is 5.47. The van der Waals surface area contributed by atoms with Crippen molar-refractivity contribution in [2.75, 3.05) is 0 Å². The molecule has 0 atom stereocenters. The molecule has 0 N–H and O–H groups in total. The molecule has 0 radical (unpaired) electrons. The van der Waals surface area contributed by atoms with Crippen LogP contribution >= 0.6 is 0 Å². The van der Waals surface area contributed by atoms with Gasteiger partial charge in [0.15, 0.2) is 0 Å². The predicted molar refractivity (Wildman–Crippen MR) is 231 cm³/mol. The van der Waals surface area contributed by atoms with Crippen molar-refractivity contribution in [3.05, 3.63) is 193 Å². The van der Waals surface area contributed by atoms with Gasteiger partial charge in [-0.1, -0.05) is 166 Å². The summed E-state index contributed by atoms with van der Waals surface area (Å²) in [7, 11) is 0. The minimum absolute atomic E-state index is 0.116. The molecule has 1 aliphatic carbocycles. The average molecular weight is 701 g/mol. The lowest BCUT2D eigenvalue weighted by Crippen LogP contribution is -2.14. The van der Waals surface area contributed by atoms with Crippen molar-refractivity contribution in [1.29, 1.82) is 0 Å². The van der Waals surface area contributed by atoms with Crippen LogP contribution in [0.2, 0.25) is 0 Å². The van der Waals surface area contributed by atoms with Crippen LogP contribution in [0, 0.1) is 0 Å². The van der Waals surface area contributed by atoms with Crippen molar-refractivity contribution >= 4 is 43.4 Å². The molecule has 1 aliphatic rings. The molecule has 0 bridgehead atoms. The highest BCUT2D eigenvalue weighted by Crippen LogP contribution is 2.52. The number of hydrogen-bond acceptors (Lipinski definition) is 2. The fourth-order valence-electron chi connectivity index (χ4n) is 9.12. The maximum Gasteiger partial charge on any atom is 0.0985 e. The van der Waals surface area contributed by atoms with Gasteiger partial charge in [0.05, 0.1) is 22.4 Å². The fraction of sp³-hybridized carbons (Fsp3) is 0.0566. The molecule has 2 heteroatoms. The summed E-state index contributed by atoms with van der Waals surface area (Å²) in [5, 5.41) is 7.19. The number of fused-ring (bicyclic) bond motifs is 7. The van der Waals surface area contributed by atoms with Crippen molar-refractivity contribution in [1.82, 2.24) is 9.97 Å². The minimum atomic E-state index is -0.116. The fourth-order valence-corrected chi connectivity index (χ4v) is 9.12. The zero-order valence-corrected chi connectivity index (χ0v) is 30.7. The van der Waals surface area contributed by atoms with Gasteiger partial charge >= 0.3 is 0 Å². The highest BCUT2D eigenvalue weighted by molar-refractivity contribution is 6.22. The van der Waals surface area contributed by atoms with Crippen molar-refractivity contribution in [3.8, 4) is 55.9 Å². The molecule has 9 aromatic carbocycles. The van der Waals surface area contributed by atoms with Gasteiger partial charge in [-0.3, -0.25) is 0 Å². The average Bonchev–Trinajstić information content (AvgIpc) is 3.47. The van der Waals surface area contributed by atoms with Crippen LogP contribution in [0.4, 0.5) is 0 Å². The maximum atomic E-state index is 5.47. The Morgan fingerprint density at radius 2 is 0.927 bits per heavy atom. The summed E-state index contributed by atoms with van der Waals surface area (Å²) >= 11 is 0. The van der Waals surface area contributed by atoms with E-state index in [0.717, 1.165) is 44.3 Å². The Balaban J connectivity index is 1.26. The van der Waals surface area contributed by atoms with Crippen molar-refractivity contribution in [2.24, 2.45) is 0 Å². The zero-order valence-electron chi connectivity index (χ0n) is 30.7. The molecule has 0 amide bonds. The quantitative estimate of drug-likeness (QED) is 0.171. The Hall–Kier alpha value is -6.90. The summed E-state index contributed by atoms with van der Waals surface area (Å²) in [5.41, 5.74) is 15.8. The summed E-state index contributed by atoms with van der Waals surface area (Å²) in [6.45, 7) is 4.73. The van der Waals surface area contributed by atoms with E-state index < -0.39 is 0 Å². The van der Waals surface area contributed by atoms with Gasteiger partial charge < -0.3 is 0 Å². The second-order valence-electron chi connectivity index (χ2n) is 15.3. The van der Waals surface area contributed by atoms with E-state index in [1.54, 1.807) is 0 Å². The number of benzene rings is 9. The minimum Gasteiger partial charge on any atom is -0.244 e. The van der Waals surface area contributed by atoms with E-state index in [2.05, 4.69) is 184 Å². The molecule has 11 rings (SSSR count). The van der Waals surface area contributed by atoms with Crippen molar-refractivity contribution in [3.63, 3.8) is 0 Å². The van der Waals surface area contributed by atoms with Crippen molar-refractivity contribution < 1.29 is 0 Å². The van der Waals surface area contributed by atoms with E-state index in [4.69, 9.17) is 9.97 Å². The second kappa shape index (κ2) is 12.1. The lowest BCUT2D eigenvalue weighted by Gasteiger charge is -2.23. The monoisotopic (exact) mass is 700 g/mol. The van der Waals surface area contributed by atoms with Gasteiger partial charge in [-0.05, 0) is 107 Å². The smallest absolute Gasteiger partial charge is 0.0985 e. The van der Waals surface area contributed by atoms with Gasteiger partial charge in [-0.15, -0.1) is 0 Å². The van der Waals surface area contributed by atoms with Crippen LogP contribution in [0.3, 0.4) is 0 Å². The standard InChI is InChI=1S/C53H36N2/c1-53(2)45-21-11-10-18-39(45)40-28-27-38(32-46(40)53)49-41-19-8-9-20-42(41)50(52-51(34-15-4-3-5-16-34)54-47-22-12-13-23-48(47)55-52)43-29-26-37(31-44(43)49)36-25-24-33-14-6-7-17-35(33)30-36/h3-32H,1-2H3.